The molecule has 1 aromatic heterocycles. The summed E-state index contributed by atoms with van der Waals surface area (Å²) in [7, 11) is 0. The van der Waals surface area contributed by atoms with Crippen LogP contribution in [0, 0.1) is 0 Å². The van der Waals surface area contributed by atoms with Gasteiger partial charge in [-0.05, 0) is 25.0 Å². The summed E-state index contributed by atoms with van der Waals surface area (Å²) >= 11 is 0.554. The van der Waals surface area contributed by atoms with E-state index in [-0.39, 0.29) is 18.4 Å². The lowest BCUT2D eigenvalue weighted by molar-refractivity contribution is 0.251. The molecule has 18 heavy (non-hydrogen) atoms. The van der Waals surface area contributed by atoms with E-state index in [1.165, 1.54) is 0 Å². The van der Waals surface area contributed by atoms with Crippen LogP contribution in [0.5, 0.6) is 0 Å². The number of nitrogens with one attached hydrogen (secondary N) is 1. The van der Waals surface area contributed by atoms with Gasteiger partial charge < -0.3 is 14.8 Å². The molecule has 1 rings (SSSR count). The first-order valence-corrected chi connectivity index (χ1v) is 7.02. The highest BCUT2D eigenvalue weighted by Gasteiger charge is 2.09. The summed E-state index contributed by atoms with van der Waals surface area (Å²) in [5.74, 6) is -0.889. The maximum absolute atomic E-state index is 12.0. The first-order chi connectivity index (χ1) is 8.65. The molecule has 0 aliphatic rings. The average Bonchev–Trinajstić information content (AvgIpc) is 2.80. The minimum Gasteiger partial charge on any atom is -0.464 e. The zero-order chi connectivity index (χ0) is 13.4. The Morgan fingerprint density at radius 1 is 1.39 bits per heavy atom. The van der Waals surface area contributed by atoms with Gasteiger partial charge in [0, 0.05) is 12.6 Å². The molecule has 0 radical (unpaired) electrons. The third-order valence-electron chi connectivity index (χ3n) is 2.60. The Labute approximate surface area is 110 Å². The highest BCUT2D eigenvalue weighted by atomic mass is 32.2. The molecule has 2 N–H and O–H groups in total. The lowest BCUT2D eigenvalue weighted by Crippen LogP contribution is -2.28. The number of aliphatic hydroxyl groups excluding tert-OH is 1. The molecule has 104 valence electrons. The number of alkyl halides is 2. The van der Waals surface area contributed by atoms with E-state index >= 15 is 0 Å². The molecule has 0 aliphatic heterocycles. The van der Waals surface area contributed by atoms with E-state index in [2.05, 4.69) is 5.32 Å². The molecule has 1 aromatic rings. The van der Waals surface area contributed by atoms with E-state index in [0.717, 1.165) is 12.2 Å². The van der Waals surface area contributed by atoms with Crippen LogP contribution >= 0.6 is 11.8 Å². The minimum absolute atomic E-state index is 0.153. The fraction of sp³-hybridized carbons (Fsp3) is 0.667. The molecular formula is C12H19F2NO2S. The Balaban J connectivity index is 2.34. The molecule has 6 heteroatoms. The van der Waals surface area contributed by atoms with Crippen molar-refractivity contribution in [2.75, 3.05) is 6.61 Å². The normalized spacial score (nSPS) is 13.2. The maximum Gasteiger partial charge on any atom is 0.284 e. The molecule has 0 amide bonds. The number of rotatable bonds is 9. The highest BCUT2D eigenvalue weighted by Crippen LogP contribution is 2.21. The van der Waals surface area contributed by atoms with Gasteiger partial charge in [0.2, 0.25) is 0 Å². The smallest absolute Gasteiger partial charge is 0.284 e. The van der Waals surface area contributed by atoms with Crippen molar-refractivity contribution in [2.45, 2.75) is 43.9 Å². The Morgan fingerprint density at radius 2 is 2.11 bits per heavy atom. The van der Waals surface area contributed by atoms with Crippen LogP contribution in [0.15, 0.2) is 16.5 Å². The molecule has 0 saturated carbocycles. The Hall–Kier alpha value is -0.590. The summed E-state index contributed by atoms with van der Waals surface area (Å²) < 4.78 is 29.4. The van der Waals surface area contributed by atoms with E-state index in [1.807, 2.05) is 6.92 Å². The first-order valence-electron chi connectivity index (χ1n) is 5.97. The van der Waals surface area contributed by atoms with Gasteiger partial charge in [-0.1, -0.05) is 18.7 Å². The molecule has 0 aromatic carbocycles. The molecule has 0 spiro atoms. The quantitative estimate of drug-likeness (QED) is 0.729. The number of halogens is 2. The van der Waals surface area contributed by atoms with Crippen LogP contribution in [-0.4, -0.2) is 23.5 Å². The van der Waals surface area contributed by atoms with Crippen molar-refractivity contribution < 1.29 is 18.3 Å². The summed E-state index contributed by atoms with van der Waals surface area (Å²) in [6, 6.07) is 3.76. The maximum atomic E-state index is 12.0. The number of aliphatic hydroxyl groups is 1. The molecule has 0 saturated heterocycles. The van der Waals surface area contributed by atoms with Crippen molar-refractivity contribution >= 4 is 11.8 Å². The second-order valence-corrected chi connectivity index (χ2v) is 4.92. The van der Waals surface area contributed by atoms with Gasteiger partial charge in [-0.15, -0.1) is 0 Å². The lowest BCUT2D eigenvalue weighted by Gasteiger charge is -2.14. The van der Waals surface area contributed by atoms with E-state index in [4.69, 9.17) is 9.52 Å². The summed E-state index contributed by atoms with van der Waals surface area (Å²) in [5, 5.41) is 12.1. The fourth-order valence-corrected chi connectivity index (χ4v) is 2.04. The third-order valence-corrected chi connectivity index (χ3v) is 3.31. The molecule has 3 nitrogen and oxygen atoms in total. The van der Waals surface area contributed by atoms with Crippen molar-refractivity contribution in [2.24, 2.45) is 0 Å². The van der Waals surface area contributed by atoms with Crippen LogP contribution in [0.1, 0.15) is 31.3 Å². The Bertz CT molecular complexity index is 334. The van der Waals surface area contributed by atoms with Crippen LogP contribution in [0.3, 0.4) is 0 Å². The second-order valence-electron chi connectivity index (χ2n) is 3.94. The number of furan rings is 1. The number of thioether (sulfide) groups is 1. The van der Waals surface area contributed by atoms with E-state index in [9.17, 15) is 8.78 Å². The van der Waals surface area contributed by atoms with Crippen molar-refractivity contribution in [3.8, 4) is 0 Å². The topological polar surface area (TPSA) is 45.4 Å². The SMILES string of the molecule is CCC(CCO)NCc1ccc(CSC(F)F)o1. The monoisotopic (exact) mass is 279 g/mol. The summed E-state index contributed by atoms with van der Waals surface area (Å²) in [6.07, 6.45) is 1.63. The van der Waals surface area contributed by atoms with Crippen LogP contribution in [0.25, 0.3) is 0 Å². The van der Waals surface area contributed by atoms with Crippen LogP contribution in [0.2, 0.25) is 0 Å². The second kappa shape index (κ2) is 8.50. The molecule has 0 fully saturated rings. The molecule has 0 bridgehead atoms. The summed E-state index contributed by atoms with van der Waals surface area (Å²) in [6.45, 7) is 2.75. The average molecular weight is 279 g/mol. The van der Waals surface area contributed by atoms with E-state index in [0.29, 0.717) is 30.5 Å². The molecule has 0 aliphatic carbocycles. The summed E-state index contributed by atoms with van der Waals surface area (Å²) in [4.78, 5) is 0. The van der Waals surface area contributed by atoms with Gasteiger partial charge in [-0.3, -0.25) is 0 Å². The third kappa shape index (κ3) is 5.84. The van der Waals surface area contributed by atoms with Crippen LogP contribution < -0.4 is 5.32 Å². The fourth-order valence-electron chi connectivity index (χ4n) is 1.59. The standard InChI is InChI=1S/C12H19F2NO2S/c1-2-9(5-6-16)15-7-10-3-4-11(17-10)8-18-12(13)14/h3-4,9,12,15-16H,2,5-8H2,1H3. The largest absolute Gasteiger partial charge is 0.464 e. The zero-order valence-electron chi connectivity index (χ0n) is 10.4. The Morgan fingerprint density at radius 3 is 2.72 bits per heavy atom. The molecule has 1 unspecified atom stereocenters. The van der Waals surface area contributed by atoms with Gasteiger partial charge in [0.1, 0.15) is 11.5 Å². The van der Waals surface area contributed by atoms with Gasteiger partial charge in [0.05, 0.1) is 12.3 Å². The van der Waals surface area contributed by atoms with E-state index in [1.54, 1.807) is 12.1 Å². The van der Waals surface area contributed by atoms with Gasteiger partial charge in [0.15, 0.2) is 0 Å². The van der Waals surface area contributed by atoms with E-state index < -0.39 is 5.76 Å². The van der Waals surface area contributed by atoms with Gasteiger partial charge in [0.25, 0.3) is 5.76 Å². The predicted molar refractivity (Wildman–Crippen MR) is 68.6 cm³/mol. The lowest BCUT2D eigenvalue weighted by atomic mass is 10.1. The number of hydrogen-bond donors (Lipinski definition) is 2. The molecule has 1 atom stereocenters. The predicted octanol–water partition coefficient (Wildman–Crippen LogP) is 2.99. The van der Waals surface area contributed by atoms with Gasteiger partial charge in [-0.25, -0.2) is 0 Å². The minimum atomic E-state index is -2.37. The molecule has 1 heterocycles. The van der Waals surface area contributed by atoms with Crippen molar-refractivity contribution in [1.29, 1.82) is 0 Å². The van der Waals surface area contributed by atoms with Gasteiger partial charge in [-0.2, -0.15) is 8.78 Å². The van der Waals surface area contributed by atoms with Crippen molar-refractivity contribution in [3.63, 3.8) is 0 Å². The van der Waals surface area contributed by atoms with Gasteiger partial charge >= 0.3 is 0 Å². The van der Waals surface area contributed by atoms with Crippen molar-refractivity contribution in [3.05, 3.63) is 23.7 Å². The first kappa shape index (κ1) is 15.5. The summed E-state index contributed by atoms with van der Waals surface area (Å²) in [5.41, 5.74) is 0. The Kier molecular flexibility index (Phi) is 7.31. The number of hydrogen-bond acceptors (Lipinski definition) is 4. The molecular weight excluding hydrogens is 260 g/mol. The highest BCUT2D eigenvalue weighted by molar-refractivity contribution is 7.98. The van der Waals surface area contributed by atoms with Crippen LogP contribution in [0.4, 0.5) is 8.78 Å². The van der Waals surface area contributed by atoms with Crippen LogP contribution in [-0.2, 0) is 12.3 Å². The van der Waals surface area contributed by atoms with Crippen molar-refractivity contribution in [1.82, 2.24) is 5.32 Å². The zero-order valence-corrected chi connectivity index (χ0v) is 11.2.